The van der Waals surface area contributed by atoms with Gasteiger partial charge < -0.3 is 19.5 Å². The monoisotopic (exact) mass is 439 g/mol. The van der Waals surface area contributed by atoms with Crippen LogP contribution >= 0.6 is 0 Å². The van der Waals surface area contributed by atoms with Crippen molar-refractivity contribution >= 4 is 11.9 Å². The van der Waals surface area contributed by atoms with Crippen LogP contribution in [0.2, 0.25) is 0 Å². The predicted octanol–water partition coefficient (Wildman–Crippen LogP) is 0.0198. The van der Waals surface area contributed by atoms with Gasteiger partial charge >= 0.3 is 17.7 Å². The molecule has 32 heavy (non-hydrogen) atoms. The van der Waals surface area contributed by atoms with Crippen molar-refractivity contribution in [1.29, 1.82) is 0 Å². The van der Waals surface area contributed by atoms with Gasteiger partial charge in [0.1, 0.15) is 6.04 Å². The number of methoxy groups -OCH3 is 2. The first-order chi connectivity index (χ1) is 15.3. The second-order valence-electron chi connectivity index (χ2n) is 8.99. The second kappa shape index (κ2) is 6.81. The van der Waals surface area contributed by atoms with Gasteiger partial charge in [0.25, 0.3) is 0 Å². The number of piperidine rings is 2. The van der Waals surface area contributed by atoms with Crippen LogP contribution in [0.15, 0.2) is 48.8 Å². The van der Waals surface area contributed by atoms with Crippen molar-refractivity contribution in [3.8, 4) is 0 Å². The molecule has 5 rings (SSSR count). The van der Waals surface area contributed by atoms with E-state index in [0.29, 0.717) is 5.69 Å². The van der Waals surface area contributed by atoms with Crippen molar-refractivity contribution in [2.45, 2.75) is 17.8 Å². The summed E-state index contributed by atoms with van der Waals surface area (Å²) in [6, 6.07) is 9.79. The molecule has 9 nitrogen and oxygen atoms in total. The van der Waals surface area contributed by atoms with E-state index in [1.54, 1.807) is 29.1 Å². The maximum absolute atomic E-state index is 13.8. The molecule has 5 heterocycles. The zero-order valence-corrected chi connectivity index (χ0v) is 18.6. The highest BCUT2D eigenvalue weighted by Crippen LogP contribution is 2.70. The van der Waals surface area contributed by atoms with Gasteiger partial charge in [-0.3, -0.25) is 19.5 Å². The number of hydrogen-bond donors (Lipinski definition) is 1. The molecule has 0 aliphatic carbocycles. The van der Waals surface area contributed by atoms with Crippen molar-refractivity contribution in [2.75, 3.05) is 41.4 Å². The van der Waals surface area contributed by atoms with E-state index in [0.717, 1.165) is 5.69 Å². The average Bonchev–Trinajstić information content (AvgIpc) is 3.00. The first-order valence-corrected chi connectivity index (χ1v) is 10.5. The molecule has 168 valence electrons. The van der Waals surface area contributed by atoms with Crippen LogP contribution < -0.4 is 4.57 Å². The molecule has 0 aromatic carbocycles. The molecule has 0 amide bonds. The number of pyridine rings is 2. The number of aliphatic hydroxyl groups is 1. The van der Waals surface area contributed by atoms with Crippen molar-refractivity contribution in [2.24, 2.45) is 10.8 Å². The molecule has 0 radical (unpaired) electrons. The minimum Gasteiger partial charge on any atom is -0.468 e. The van der Waals surface area contributed by atoms with E-state index in [9.17, 15) is 14.7 Å². The van der Waals surface area contributed by atoms with Gasteiger partial charge in [0.05, 0.1) is 26.0 Å². The van der Waals surface area contributed by atoms with E-state index < -0.39 is 40.6 Å². The van der Waals surface area contributed by atoms with Crippen LogP contribution in [-0.4, -0.2) is 73.2 Å². The molecule has 2 aromatic rings. The van der Waals surface area contributed by atoms with Crippen LogP contribution in [0.25, 0.3) is 0 Å². The number of carbonyl (C=O) groups is 2. The van der Waals surface area contributed by atoms with E-state index in [-0.39, 0.29) is 13.1 Å². The average molecular weight is 439 g/mol. The first-order valence-electron chi connectivity index (χ1n) is 10.5. The van der Waals surface area contributed by atoms with Gasteiger partial charge in [0, 0.05) is 31.4 Å². The molecule has 5 unspecified atom stereocenters. The largest absolute Gasteiger partial charge is 0.468 e. The number of likely N-dealkylation sites (tertiary alicyclic amines) is 2. The quantitative estimate of drug-likeness (QED) is 0.528. The number of ether oxygens (including phenoxy) is 2. The molecule has 4 bridgehead atoms. The Kier molecular flexibility index (Phi) is 4.47. The second-order valence-corrected chi connectivity index (χ2v) is 8.99. The van der Waals surface area contributed by atoms with Crippen LogP contribution in [0.3, 0.4) is 0 Å². The minimum absolute atomic E-state index is 0.161. The summed E-state index contributed by atoms with van der Waals surface area (Å²) in [6.45, 7) is 0.370. The highest BCUT2D eigenvalue weighted by molar-refractivity contribution is 5.86. The number of hydrogen-bond acceptors (Lipinski definition) is 8. The lowest BCUT2D eigenvalue weighted by Gasteiger charge is -2.61. The van der Waals surface area contributed by atoms with Gasteiger partial charge in [-0.05, 0) is 26.2 Å². The number of rotatable bonds is 3. The van der Waals surface area contributed by atoms with E-state index in [1.807, 2.05) is 48.2 Å². The summed E-state index contributed by atoms with van der Waals surface area (Å²) in [5, 5.41) is 12.8. The SMILES string of the molecule is COC(=O)C12CN(C)CC3(C(=O)OC)C(c4cccc[n+]4C13O)N(C)C2c1ccccn1. The van der Waals surface area contributed by atoms with E-state index >= 15 is 0 Å². The summed E-state index contributed by atoms with van der Waals surface area (Å²) in [6.07, 6.45) is 3.39. The number of nitrogens with zero attached hydrogens (tertiary/aromatic N) is 4. The summed E-state index contributed by atoms with van der Waals surface area (Å²) >= 11 is 0. The summed E-state index contributed by atoms with van der Waals surface area (Å²) in [5.41, 5.74) is -3.63. The third kappa shape index (κ3) is 2.09. The molecule has 0 spiro atoms. The van der Waals surface area contributed by atoms with Crippen molar-refractivity contribution in [3.63, 3.8) is 0 Å². The maximum atomic E-state index is 13.8. The normalized spacial score (nSPS) is 35.8. The first kappa shape index (κ1) is 21.0. The van der Waals surface area contributed by atoms with E-state index in [4.69, 9.17) is 9.47 Å². The van der Waals surface area contributed by atoms with Crippen LogP contribution in [0.4, 0.5) is 0 Å². The molecule has 3 aliphatic rings. The Hall–Kier alpha value is -2.88. The summed E-state index contributed by atoms with van der Waals surface area (Å²) in [5.74, 6) is -1.18. The van der Waals surface area contributed by atoms with Gasteiger partial charge in [-0.1, -0.05) is 12.1 Å². The van der Waals surface area contributed by atoms with Crippen molar-refractivity contribution in [1.82, 2.24) is 14.8 Å². The topological polar surface area (TPSA) is 96.1 Å². The fourth-order valence-corrected chi connectivity index (χ4v) is 6.79. The van der Waals surface area contributed by atoms with Crippen LogP contribution in [0, 0.1) is 10.8 Å². The van der Waals surface area contributed by atoms with Crippen LogP contribution in [0.1, 0.15) is 23.5 Å². The van der Waals surface area contributed by atoms with Gasteiger partial charge in [-0.2, -0.15) is 4.57 Å². The lowest BCUT2D eigenvalue weighted by Crippen LogP contribution is -2.84. The highest BCUT2D eigenvalue weighted by atomic mass is 16.5. The fraction of sp³-hybridized carbons (Fsp3) is 0.478. The third-order valence-electron chi connectivity index (χ3n) is 7.62. The minimum atomic E-state index is -1.94. The molecule has 9 heteroatoms. The molecule has 3 aliphatic heterocycles. The summed E-state index contributed by atoms with van der Waals surface area (Å²) < 4.78 is 12.3. The zero-order valence-electron chi connectivity index (χ0n) is 18.6. The molecule has 5 atom stereocenters. The van der Waals surface area contributed by atoms with Crippen molar-refractivity contribution < 1.29 is 28.7 Å². The fourth-order valence-electron chi connectivity index (χ4n) is 6.79. The number of fused-ring (bicyclic) bond motifs is 2. The molecule has 1 N–H and O–H groups in total. The standard InChI is InChI=1S/C23H27N4O5/c1-25-13-21(19(28)31-3)17(15-9-5-7-11-24-15)26(2)18-16-10-6-8-12-27(16)23(21,30)22(18,14-25)20(29)32-4/h5-12,17-18,30H,13-14H2,1-4H3/q+1. The van der Waals surface area contributed by atoms with Gasteiger partial charge in [-0.15, -0.1) is 0 Å². The Morgan fingerprint density at radius 3 is 2.25 bits per heavy atom. The highest BCUT2D eigenvalue weighted by Gasteiger charge is 2.91. The van der Waals surface area contributed by atoms with Crippen LogP contribution in [0.5, 0.6) is 0 Å². The molecular weight excluding hydrogens is 412 g/mol. The Morgan fingerprint density at radius 2 is 1.66 bits per heavy atom. The van der Waals surface area contributed by atoms with E-state index in [1.165, 1.54) is 14.2 Å². The lowest BCUT2D eigenvalue weighted by molar-refractivity contribution is -0.827. The number of esters is 2. The Labute approximate surface area is 186 Å². The van der Waals surface area contributed by atoms with E-state index in [2.05, 4.69) is 4.98 Å². The Bertz CT molecular complexity index is 1100. The van der Waals surface area contributed by atoms with Crippen molar-refractivity contribution in [3.05, 3.63) is 60.2 Å². The summed E-state index contributed by atoms with van der Waals surface area (Å²) in [7, 11) is 6.33. The maximum Gasteiger partial charge on any atom is 0.325 e. The summed E-state index contributed by atoms with van der Waals surface area (Å²) in [4.78, 5) is 35.9. The predicted molar refractivity (Wildman–Crippen MR) is 111 cm³/mol. The van der Waals surface area contributed by atoms with Crippen LogP contribution in [-0.2, 0) is 24.8 Å². The van der Waals surface area contributed by atoms with Gasteiger partial charge in [0.15, 0.2) is 17.0 Å². The number of aromatic nitrogens is 2. The Balaban J connectivity index is 1.95. The molecule has 2 fully saturated rings. The lowest BCUT2D eigenvalue weighted by atomic mass is 9.51. The third-order valence-corrected chi connectivity index (χ3v) is 7.62. The molecule has 2 saturated heterocycles. The zero-order chi connectivity index (χ0) is 22.9. The Morgan fingerprint density at radius 1 is 1.03 bits per heavy atom. The smallest absolute Gasteiger partial charge is 0.325 e. The van der Waals surface area contributed by atoms with Gasteiger partial charge in [-0.25, -0.2) is 0 Å². The van der Waals surface area contributed by atoms with Gasteiger partial charge in [0.2, 0.25) is 5.69 Å². The number of carbonyl (C=O) groups excluding carboxylic acids is 2. The molecule has 2 aromatic heterocycles. The molecule has 0 saturated carbocycles. The molecular formula is C23H27N4O5+.